The standard InChI is InChI=1S/C9H12N2S/c1-7-5-8-9(12-11-6-7)3-2-4-10-8/h2-4,7,11H,5-6H2,1H3/t7-/m0/s1. The molecule has 0 aliphatic carbocycles. The molecule has 0 unspecified atom stereocenters. The first-order valence-corrected chi connectivity index (χ1v) is 5.01. The first-order valence-electron chi connectivity index (χ1n) is 4.20. The Balaban J connectivity index is 2.31. The van der Waals surface area contributed by atoms with Crippen LogP contribution >= 0.6 is 11.9 Å². The molecule has 0 spiro atoms. The van der Waals surface area contributed by atoms with Crippen LogP contribution in [0.5, 0.6) is 0 Å². The van der Waals surface area contributed by atoms with Gasteiger partial charge in [0.25, 0.3) is 0 Å². The van der Waals surface area contributed by atoms with E-state index in [9.17, 15) is 0 Å². The van der Waals surface area contributed by atoms with Gasteiger partial charge >= 0.3 is 0 Å². The molecule has 1 N–H and O–H groups in total. The molecule has 1 aromatic rings. The van der Waals surface area contributed by atoms with Crippen molar-refractivity contribution in [3.8, 4) is 0 Å². The average Bonchev–Trinajstić information content (AvgIpc) is 2.25. The van der Waals surface area contributed by atoms with E-state index in [-0.39, 0.29) is 0 Å². The Hall–Kier alpha value is -0.540. The molecule has 2 rings (SSSR count). The maximum Gasteiger partial charge on any atom is 0.0555 e. The number of fused-ring (bicyclic) bond motifs is 1. The van der Waals surface area contributed by atoms with Crippen molar-refractivity contribution in [3.05, 3.63) is 24.0 Å². The lowest BCUT2D eigenvalue weighted by Crippen LogP contribution is -2.12. The number of nitrogens with zero attached hydrogens (tertiary/aromatic N) is 1. The lowest BCUT2D eigenvalue weighted by Gasteiger charge is -2.04. The fourth-order valence-corrected chi connectivity index (χ4v) is 2.26. The second-order valence-electron chi connectivity index (χ2n) is 3.21. The normalized spacial score (nSPS) is 22.9. The molecule has 12 heavy (non-hydrogen) atoms. The molecule has 64 valence electrons. The highest BCUT2D eigenvalue weighted by atomic mass is 32.2. The van der Waals surface area contributed by atoms with Crippen molar-refractivity contribution in [2.45, 2.75) is 18.2 Å². The van der Waals surface area contributed by atoms with E-state index in [0.29, 0.717) is 5.92 Å². The SMILES string of the molecule is C[C@@H]1CNSc2cccnc2C1. The second-order valence-corrected chi connectivity index (χ2v) is 4.14. The highest BCUT2D eigenvalue weighted by molar-refractivity contribution is 7.97. The largest absolute Gasteiger partial charge is 0.260 e. The van der Waals surface area contributed by atoms with Crippen LogP contribution in [0, 0.1) is 5.92 Å². The van der Waals surface area contributed by atoms with Crippen molar-refractivity contribution >= 4 is 11.9 Å². The van der Waals surface area contributed by atoms with Crippen molar-refractivity contribution in [2.75, 3.05) is 6.54 Å². The monoisotopic (exact) mass is 180 g/mol. The number of rotatable bonds is 0. The third-order valence-corrected chi connectivity index (χ3v) is 2.91. The Labute approximate surface area is 76.9 Å². The zero-order valence-electron chi connectivity index (χ0n) is 7.08. The fourth-order valence-electron chi connectivity index (χ4n) is 1.33. The molecule has 3 heteroatoms. The summed E-state index contributed by atoms with van der Waals surface area (Å²) in [5.74, 6) is 0.689. The summed E-state index contributed by atoms with van der Waals surface area (Å²) in [5, 5.41) is 0. The third-order valence-electron chi connectivity index (χ3n) is 2.00. The minimum atomic E-state index is 0.689. The van der Waals surface area contributed by atoms with Crippen LogP contribution in [0.1, 0.15) is 12.6 Å². The molecule has 0 fully saturated rings. The van der Waals surface area contributed by atoms with Gasteiger partial charge < -0.3 is 0 Å². The molecule has 1 aliphatic heterocycles. The smallest absolute Gasteiger partial charge is 0.0555 e. The Morgan fingerprint density at radius 3 is 3.50 bits per heavy atom. The maximum absolute atomic E-state index is 4.37. The molecular weight excluding hydrogens is 168 g/mol. The van der Waals surface area contributed by atoms with E-state index < -0.39 is 0 Å². The highest BCUT2D eigenvalue weighted by Crippen LogP contribution is 2.23. The van der Waals surface area contributed by atoms with Gasteiger partial charge in [-0.25, -0.2) is 0 Å². The van der Waals surface area contributed by atoms with Gasteiger partial charge in [0.1, 0.15) is 0 Å². The molecular formula is C9H12N2S. The lowest BCUT2D eigenvalue weighted by molar-refractivity contribution is 0.570. The van der Waals surface area contributed by atoms with E-state index in [1.807, 2.05) is 12.3 Å². The van der Waals surface area contributed by atoms with Crippen LogP contribution in [-0.2, 0) is 6.42 Å². The molecule has 0 saturated carbocycles. The van der Waals surface area contributed by atoms with Gasteiger partial charge in [0.2, 0.25) is 0 Å². The first kappa shape index (κ1) is 8.08. The molecule has 0 amide bonds. The van der Waals surface area contributed by atoms with Gasteiger partial charge in [0.05, 0.1) is 5.69 Å². The van der Waals surface area contributed by atoms with E-state index in [2.05, 4.69) is 22.7 Å². The molecule has 0 radical (unpaired) electrons. The van der Waals surface area contributed by atoms with Gasteiger partial charge in [-0.1, -0.05) is 6.92 Å². The predicted molar refractivity (Wildman–Crippen MR) is 51.0 cm³/mol. The van der Waals surface area contributed by atoms with Gasteiger partial charge in [0, 0.05) is 17.6 Å². The van der Waals surface area contributed by atoms with Crippen molar-refractivity contribution < 1.29 is 0 Å². The zero-order chi connectivity index (χ0) is 8.39. The van der Waals surface area contributed by atoms with Crippen LogP contribution in [-0.4, -0.2) is 11.5 Å². The van der Waals surface area contributed by atoms with Crippen LogP contribution in [0.2, 0.25) is 0 Å². The maximum atomic E-state index is 4.37. The van der Waals surface area contributed by atoms with E-state index in [4.69, 9.17) is 0 Å². The molecule has 1 aliphatic rings. The first-order chi connectivity index (χ1) is 5.86. The Kier molecular flexibility index (Phi) is 2.33. The van der Waals surface area contributed by atoms with Crippen LogP contribution in [0.3, 0.4) is 0 Å². The van der Waals surface area contributed by atoms with Crippen molar-refractivity contribution in [3.63, 3.8) is 0 Å². The van der Waals surface area contributed by atoms with Crippen molar-refractivity contribution in [1.82, 2.24) is 9.71 Å². The Morgan fingerprint density at radius 2 is 2.58 bits per heavy atom. The van der Waals surface area contributed by atoms with Gasteiger partial charge in [-0.2, -0.15) is 0 Å². The Bertz CT molecular complexity index is 275. The Morgan fingerprint density at radius 1 is 1.67 bits per heavy atom. The van der Waals surface area contributed by atoms with Crippen LogP contribution in [0.15, 0.2) is 23.2 Å². The molecule has 0 aromatic carbocycles. The van der Waals surface area contributed by atoms with Crippen LogP contribution in [0.25, 0.3) is 0 Å². The van der Waals surface area contributed by atoms with E-state index >= 15 is 0 Å². The van der Waals surface area contributed by atoms with Gasteiger partial charge in [0.15, 0.2) is 0 Å². The summed E-state index contributed by atoms with van der Waals surface area (Å²) >= 11 is 1.70. The average molecular weight is 180 g/mol. The number of nitrogens with one attached hydrogen (secondary N) is 1. The molecule has 1 atom stereocenters. The number of pyridine rings is 1. The summed E-state index contributed by atoms with van der Waals surface area (Å²) in [7, 11) is 0. The summed E-state index contributed by atoms with van der Waals surface area (Å²) < 4.78 is 3.33. The molecule has 1 aromatic heterocycles. The summed E-state index contributed by atoms with van der Waals surface area (Å²) in [4.78, 5) is 5.65. The van der Waals surface area contributed by atoms with E-state index in [0.717, 1.165) is 13.0 Å². The highest BCUT2D eigenvalue weighted by Gasteiger charge is 2.13. The third kappa shape index (κ3) is 1.62. The topological polar surface area (TPSA) is 24.9 Å². The lowest BCUT2D eigenvalue weighted by atomic mass is 10.1. The van der Waals surface area contributed by atoms with Gasteiger partial charge in [-0.15, -0.1) is 0 Å². The minimum absolute atomic E-state index is 0.689. The van der Waals surface area contributed by atoms with Crippen LogP contribution in [0.4, 0.5) is 0 Å². The molecule has 0 saturated heterocycles. The second kappa shape index (κ2) is 3.46. The van der Waals surface area contributed by atoms with Gasteiger partial charge in [-0.3, -0.25) is 9.71 Å². The summed E-state index contributed by atoms with van der Waals surface area (Å²) in [6.45, 7) is 3.32. The zero-order valence-corrected chi connectivity index (χ0v) is 7.90. The van der Waals surface area contributed by atoms with E-state index in [1.54, 1.807) is 11.9 Å². The summed E-state index contributed by atoms with van der Waals surface area (Å²) in [6, 6.07) is 4.11. The summed E-state index contributed by atoms with van der Waals surface area (Å²) in [5.41, 5.74) is 1.24. The number of hydrogen-bond acceptors (Lipinski definition) is 3. The fraction of sp³-hybridized carbons (Fsp3) is 0.444. The number of hydrogen-bond donors (Lipinski definition) is 1. The molecule has 2 heterocycles. The quantitative estimate of drug-likeness (QED) is 0.617. The van der Waals surface area contributed by atoms with Crippen molar-refractivity contribution in [1.29, 1.82) is 0 Å². The molecule has 2 nitrogen and oxygen atoms in total. The van der Waals surface area contributed by atoms with E-state index in [1.165, 1.54) is 10.6 Å². The van der Waals surface area contributed by atoms with Crippen molar-refractivity contribution in [2.24, 2.45) is 5.92 Å². The van der Waals surface area contributed by atoms with Crippen LogP contribution < -0.4 is 4.72 Å². The minimum Gasteiger partial charge on any atom is -0.260 e. The van der Waals surface area contributed by atoms with Gasteiger partial charge in [-0.05, 0) is 36.4 Å². The number of aromatic nitrogens is 1. The summed E-state index contributed by atoms with van der Waals surface area (Å²) in [6.07, 6.45) is 2.97. The molecule has 0 bridgehead atoms. The predicted octanol–water partition coefficient (Wildman–Crippen LogP) is 1.87.